The molecule has 3 atom stereocenters. The molecular formula is C29H32N2O5S2. The Hall–Kier alpha value is -3.01. The maximum Gasteiger partial charge on any atom is 0.237 e. The summed E-state index contributed by atoms with van der Waals surface area (Å²) in [6, 6.07) is 24.9. The second-order valence-corrected chi connectivity index (χ2v) is 13.4. The maximum atomic E-state index is 13.4. The number of amides is 1. The minimum atomic E-state index is -3.07. The van der Waals surface area contributed by atoms with Gasteiger partial charge in [-0.3, -0.25) is 9.69 Å². The normalized spacial score (nSPS) is 22.7. The van der Waals surface area contributed by atoms with E-state index in [-0.39, 0.29) is 34.7 Å². The fraction of sp³-hybridized carbons (Fsp3) is 0.345. The summed E-state index contributed by atoms with van der Waals surface area (Å²) in [6.07, 6.45) is 1.16. The van der Waals surface area contributed by atoms with Crippen molar-refractivity contribution in [3.63, 3.8) is 0 Å². The lowest BCUT2D eigenvalue weighted by Gasteiger charge is -2.25. The maximum absolute atomic E-state index is 13.4. The van der Waals surface area contributed by atoms with Crippen molar-refractivity contribution in [2.45, 2.75) is 41.6 Å². The number of thioether (sulfide) groups is 1. The first-order chi connectivity index (χ1) is 18.4. The van der Waals surface area contributed by atoms with Gasteiger partial charge in [-0.05, 0) is 66.9 Å². The number of nitrogens with one attached hydrogen (secondary N) is 1. The third kappa shape index (κ3) is 6.89. The number of nitrogens with zero attached hydrogens (tertiary/aromatic N) is 1. The Labute approximate surface area is 228 Å². The second-order valence-electron chi connectivity index (χ2n) is 9.77. The van der Waals surface area contributed by atoms with Crippen LogP contribution in [-0.4, -0.2) is 61.7 Å². The van der Waals surface area contributed by atoms with Gasteiger partial charge in [0, 0.05) is 29.3 Å². The van der Waals surface area contributed by atoms with Crippen LogP contribution in [0, 0.1) is 0 Å². The summed E-state index contributed by atoms with van der Waals surface area (Å²) < 4.78 is 35.1. The van der Waals surface area contributed by atoms with E-state index < -0.39 is 9.84 Å². The molecule has 2 saturated heterocycles. The van der Waals surface area contributed by atoms with Crippen LogP contribution in [0.15, 0.2) is 83.8 Å². The molecule has 38 heavy (non-hydrogen) atoms. The molecule has 0 aliphatic carbocycles. The highest BCUT2D eigenvalue weighted by Gasteiger charge is 2.39. The first-order valence-corrected chi connectivity index (χ1v) is 15.4. The summed E-state index contributed by atoms with van der Waals surface area (Å²) in [5, 5.41) is 3.24. The van der Waals surface area contributed by atoms with Crippen LogP contribution in [-0.2, 0) is 21.2 Å². The predicted octanol–water partition coefficient (Wildman–Crippen LogP) is 4.53. The monoisotopic (exact) mass is 552 g/mol. The number of carbonyl (C=O) groups excluding carboxylic acids is 1. The van der Waals surface area contributed by atoms with Gasteiger partial charge in [0.1, 0.15) is 17.2 Å². The standard InChI is InChI=1S/C29H32N2O5S2/c1-35-23-10-12-26(13-11-23)37-27-17-28(29(32)30-22-14-15-38(33,34)20-22)31(19-27)18-21-6-5-9-25(16-21)36-24-7-3-2-4-8-24/h2-13,16,22,27-28H,14-15,17-20H2,1H3,(H,30,32)/t22-,27+,28-/m0/s1. The van der Waals surface area contributed by atoms with Crippen molar-refractivity contribution in [1.82, 2.24) is 10.2 Å². The van der Waals surface area contributed by atoms with Gasteiger partial charge in [-0.15, -0.1) is 11.8 Å². The minimum Gasteiger partial charge on any atom is -0.497 e. The Morgan fingerprint density at radius 2 is 1.76 bits per heavy atom. The van der Waals surface area contributed by atoms with Gasteiger partial charge in [0.15, 0.2) is 9.84 Å². The van der Waals surface area contributed by atoms with Gasteiger partial charge in [-0.2, -0.15) is 0 Å². The number of sulfone groups is 1. The van der Waals surface area contributed by atoms with Crippen molar-refractivity contribution in [3.05, 3.63) is 84.4 Å². The van der Waals surface area contributed by atoms with Gasteiger partial charge < -0.3 is 14.8 Å². The van der Waals surface area contributed by atoms with Crippen molar-refractivity contribution in [1.29, 1.82) is 0 Å². The number of para-hydroxylation sites is 1. The molecule has 1 N–H and O–H groups in total. The van der Waals surface area contributed by atoms with E-state index in [0.717, 1.165) is 34.3 Å². The zero-order chi connectivity index (χ0) is 26.5. The third-order valence-corrected chi connectivity index (χ3v) is 9.86. The van der Waals surface area contributed by atoms with Crippen LogP contribution in [0.2, 0.25) is 0 Å². The van der Waals surface area contributed by atoms with E-state index in [9.17, 15) is 13.2 Å². The molecule has 7 nitrogen and oxygen atoms in total. The van der Waals surface area contributed by atoms with Crippen molar-refractivity contribution >= 4 is 27.5 Å². The van der Waals surface area contributed by atoms with Crippen molar-refractivity contribution < 1.29 is 22.7 Å². The first kappa shape index (κ1) is 26.6. The number of ether oxygens (including phenoxy) is 2. The van der Waals surface area contributed by atoms with Crippen LogP contribution < -0.4 is 14.8 Å². The quantitative estimate of drug-likeness (QED) is 0.418. The molecular weight excluding hydrogens is 520 g/mol. The predicted molar refractivity (Wildman–Crippen MR) is 150 cm³/mol. The van der Waals surface area contributed by atoms with Crippen LogP contribution in [0.25, 0.3) is 0 Å². The van der Waals surface area contributed by atoms with Gasteiger partial charge in [0.05, 0.1) is 24.7 Å². The number of hydrogen-bond donors (Lipinski definition) is 1. The first-order valence-electron chi connectivity index (χ1n) is 12.7. The smallest absolute Gasteiger partial charge is 0.237 e. The Balaban J connectivity index is 1.30. The third-order valence-electron chi connectivity index (χ3n) is 6.87. The lowest BCUT2D eigenvalue weighted by Crippen LogP contribution is -2.47. The minimum absolute atomic E-state index is 0.0222. The average molecular weight is 553 g/mol. The SMILES string of the molecule is COc1ccc(S[C@@H]2C[C@@H](C(=O)N[C@H]3CCS(=O)(=O)C3)N(Cc3cccc(Oc4ccccc4)c3)C2)cc1. The molecule has 0 bridgehead atoms. The zero-order valence-corrected chi connectivity index (χ0v) is 22.9. The molecule has 0 saturated carbocycles. The van der Waals surface area contributed by atoms with E-state index in [1.54, 1.807) is 18.9 Å². The fourth-order valence-electron chi connectivity index (χ4n) is 5.01. The van der Waals surface area contributed by atoms with Gasteiger partial charge in [-0.25, -0.2) is 8.42 Å². The summed E-state index contributed by atoms with van der Waals surface area (Å²) >= 11 is 1.76. The molecule has 2 fully saturated rings. The van der Waals surface area contributed by atoms with Crippen molar-refractivity contribution in [2.24, 2.45) is 0 Å². The van der Waals surface area contributed by atoms with Crippen LogP contribution in [0.5, 0.6) is 17.2 Å². The number of hydrogen-bond acceptors (Lipinski definition) is 7. The summed E-state index contributed by atoms with van der Waals surface area (Å²) in [5.41, 5.74) is 1.05. The van der Waals surface area contributed by atoms with E-state index in [2.05, 4.69) is 10.2 Å². The van der Waals surface area contributed by atoms with E-state index in [1.165, 1.54) is 0 Å². The molecule has 2 heterocycles. The van der Waals surface area contributed by atoms with Gasteiger partial charge in [0.2, 0.25) is 5.91 Å². The van der Waals surface area contributed by atoms with E-state index in [0.29, 0.717) is 19.4 Å². The summed E-state index contributed by atoms with van der Waals surface area (Å²) in [6.45, 7) is 1.33. The van der Waals surface area contributed by atoms with E-state index in [1.807, 2.05) is 78.9 Å². The van der Waals surface area contributed by atoms with Crippen molar-refractivity contribution in [3.8, 4) is 17.2 Å². The highest BCUT2D eigenvalue weighted by Crippen LogP contribution is 2.35. The molecule has 0 radical (unpaired) electrons. The van der Waals surface area contributed by atoms with E-state index >= 15 is 0 Å². The molecule has 3 aromatic carbocycles. The Kier molecular flexibility index (Phi) is 8.26. The van der Waals surface area contributed by atoms with Gasteiger partial charge in [0.25, 0.3) is 0 Å². The molecule has 3 aromatic rings. The Morgan fingerprint density at radius 1 is 1.00 bits per heavy atom. The largest absolute Gasteiger partial charge is 0.497 e. The molecule has 5 rings (SSSR count). The topological polar surface area (TPSA) is 84.9 Å². The van der Waals surface area contributed by atoms with Crippen LogP contribution in [0.1, 0.15) is 18.4 Å². The molecule has 0 spiro atoms. The summed E-state index contributed by atoms with van der Waals surface area (Å²) in [7, 11) is -1.42. The number of rotatable bonds is 9. The molecule has 2 aliphatic heterocycles. The molecule has 1 amide bonds. The molecule has 0 aromatic heterocycles. The van der Waals surface area contributed by atoms with Crippen LogP contribution >= 0.6 is 11.8 Å². The molecule has 9 heteroatoms. The Morgan fingerprint density at radius 3 is 2.47 bits per heavy atom. The van der Waals surface area contributed by atoms with Crippen molar-refractivity contribution in [2.75, 3.05) is 25.2 Å². The second kappa shape index (κ2) is 11.8. The number of methoxy groups -OCH3 is 1. The average Bonchev–Trinajstić information content (AvgIpc) is 3.46. The number of likely N-dealkylation sites (tertiary alicyclic amines) is 1. The van der Waals surface area contributed by atoms with Gasteiger partial charge >= 0.3 is 0 Å². The fourth-order valence-corrected chi connectivity index (χ4v) is 7.91. The van der Waals surface area contributed by atoms with Crippen LogP contribution in [0.4, 0.5) is 0 Å². The summed E-state index contributed by atoms with van der Waals surface area (Å²) in [5.74, 6) is 2.38. The molecule has 0 unspecified atom stereocenters. The lowest BCUT2D eigenvalue weighted by molar-refractivity contribution is -0.126. The molecule has 200 valence electrons. The Bertz CT molecular complexity index is 1350. The number of carbonyl (C=O) groups is 1. The highest BCUT2D eigenvalue weighted by atomic mass is 32.2. The van der Waals surface area contributed by atoms with Crippen LogP contribution in [0.3, 0.4) is 0 Å². The van der Waals surface area contributed by atoms with Gasteiger partial charge in [-0.1, -0.05) is 30.3 Å². The summed E-state index contributed by atoms with van der Waals surface area (Å²) in [4.78, 5) is 16.7. The zero-order valence-electron chi connectivity index (χ0n) is 21.3. The lowest BCUT2D eigenvalue weighted by atomic mass is 10.1. The highest BCUT2D eigenvalue weighted by molar-refractivity contribution is 8.00. The molecule has 2 aliphatic rings. The van der Waals surface area contributed by atoms with E-state index in [4.69, 9.17) is 9.47 Å². The number of benzene rings is 3.